The zero-order valence-electron chi connectivity index (χ0n) is 16.0. The Bertz CT molecular complexity index is 920. The van der Waals surface area contributed by atoms with Gasteiger partial charge in [0.15, 0.2) is 11.0 Å². The fourth-order valence-electron chi connectivity index (χ4n) is 3.40. The van der Waals surface area contributed by atoms with E-state index in [0.717, 1.165) is 6.07 Å². The Hall–Kier alpha value is -2.65. The third-order valence-corrected chi connectivity index (χ3v) is 5.33. The molecule has 0 unspecified atom stereocenters. The number of nitrogens with zero attached hydrogens (tertiary/aromatic N) is 2. The Kier molecular flexibility index (Phi) is 6.39. The van der Waals surface area contributed by atoms with Crippen LogP contribution in [0.15, 0.2) is 18.2 Å². The van der Waals surface area contributed by atoms with Crippen molar-refractivity contribution in [3.8, 4) is 0 Å². The van der Waals surface area contributed by atoms with Gasteiger partial charge < -0.3 is 25.0 Å². The van der Waals surface area contributed by atoms with E-state index in [9.17, 15) is 14.0 Å². The van der Waals surface area contributed by atoms with E-state index in [2.05, 4.69) is 15.3 Å². The lowest BCUT2D eigenvalue weighted by Crippen LogP contribution is -2.55. The van der Waals surface area contributed by atoms with E-state index in [0.29, 0.717) is 37.3 Å². The normalized spacial score (nSPS) is 19.2. The van der Waals surface area contributed by atoms with Crippen molar-refractivity contribution in [3.63, 3.8) is 0 Å². The van der Waals surface area contributed by atoms with Crippen LogP contribution in [0.2, 0.25) is 5.15 Å². The molecule has 0 bridgehead atoms. The monoisotopic (exact) mass is 424 g/mol. The van der Waals surface area contributed by atoms with Gasteiger partial charge in [-0.1, -0.05) is 18.5 Å². The number of carboxylic acid groups (broad SMARTS) is 1. The Morgan fingerprint density at radius 3 is 2.86 bits per heavy atom. The summed E-state index contributed by atoms with van der Waals surface area (Å²) < 4.78 is 19.2. The number of carbonyl (C=O) groups is 2. The number of anilines is 1. The first-order valence-corrected chi connectivity index (χ1v) is 9.57. The van der Waals surface area contributed by atoms with Crippen molar-refractivity contribution in [1.29, 1.82) is 0 Å². The summed E-state index contributed by atoms with van der Waals surface area (Å²) in [5.41, 5.74) is 0.898. The number of ether oxygens (including phenoxy) is 1. The van der Waals surface area contributed by atoms with Crippen LogP contribution < -0.4 is 10.2 Å². The Morgan fingerprint density at radius 1 is 1.48 bits per heavy atom. The molecular formula is C19H22ClFN4O4. The number of aromatic carboxylic acids is 1. The maximum atomic E-state index is 13.7. The van der Waals surface area contributed by atoms with Crippen molar-refractivity contribution in [3.05, 3.63) is 46.3 Å². The van der Waals surface area contributed by atoms with Gasteiger partial charge in [-0.2, -0.15) is 0 Å². The predicted molar refractivity (Wildman–Crippen MR) is 105 cm³/mol. The molecule has 1 aliphatic heterocycles. The third kappa shape index (κ3) is 4.51. The van der Waals surface area contributed by atoms with Crippen molar-refractivity contribution in [2.24, 2.45) is 0 Å². The summed E-state index contributed by atoms with van der Waals surface area (Å²) in [6.45, 7) is 2.85. The smallest absolute Gasteiger partial charge is 0.338 e. The average Bonchev–Trinajstić information content (AvgIpc) is 3.09. The number of nitrogens with one attached hydrogen (secondary N) is 2. The van der Waals surface area contributed by atoms with Gasteiger partial charge in [0.2, 0.25) is 0 Å². The molecule has 0 saturated carbocycles. The number of imidazole rings is 1. The number of halogens is 2. The minimum atomic E-state index is -1.32. The van der Waals surface area contributed by atoms with Crippen LogP contribution in [0, 0.1) is 5.82 Å². The molecule has 1 amide bonds. The fraction of sp³-hybridized carbons (Fsp3) is 0.421. The van der Waals surface area contributed by atoms with E-state index in [-0.39, 0.29) is 34.6 Å². The zero-order chi connectivity index (χ0) is 21.1. The van der Waals surface area contributed by atoms with Gasteiger partial charge >= 0.3 is 5.97 Å². The Balaban J connectivity index is 1.70. The van der Waals surface area contributed by atoms with Crippen LogP contribution in [0.1, 0.15) is 40.0 Å². The number of hydrogen-bond donors (Lipinski definition) is 3. The first-order chi connectivity index (χ1) is 13.8. The molecule has 2 heterocycles. The molecule has 1 aliphatic rings. The molecule has 10 heteroatoms. The minimum Gasteiger partial charge on any atom is -0.478 e. The first-order valence-electron chi connectivity index (χ1n) is 9.19. The Morgan fingerprint density at radius 2 is 2.24 bits per heavy atom. The first kappa shape index (κ1) is 21.1. The number of aromatic amines is 1. The molecule has 0 aliphatic carbocycles. The SMILES string of the molecule is CCc1[nH]c(C(=O)N[C@H]2CCN(c3ccc(F)c(C(=O)O)c3)C[C@H]2OC)nc1Cl. The zero-order valence-corrected chi connectivity index (χ0v) is 16.8. The van der Waals surface area contributed by atoms with E-state index in [1.807, 2.05) is 11.8 Å². The maximum Gasteiger partial charge on any atom is 0.338 e. The second kappa shape index (κ2) is 8.79. The molecule has 1 fully saturated rings. The molecule has 2 atom stereocenters. The summed E-state index contributed by atoms with van der Waals surface area (Å²) in [6, 6.07) is 3.71. The molecule has 1 aromatic heterocycles. The van der Waals surface area contributed by atoms with E-state index < -0.39 is 11.8 Å². The van der Waals surface area contributed by atoms with Gasteiger partial charge in [0.25, 0.3) is 5.91 Å². The maximum absolute atomic E-state index is 13.7. The van der Waals surface area contributed by atoms with Crippen LogP contribution in [-0.2, 0) is 11.2 Å². The van der Waals surface area contributed by atoms with Crippen LogP contribution in [-0.4, -0.2) is 59.3 Å². The fourth-order valence-corrected chi connectivity index (χ4v) is 3.66. The second-order valence-corrected chi connectivity index (χ2v) is 7.12. The summed E-state index contributed by atoms with van der Waals surface area (Å²) in [6.07, 6.45) is 0.843. The molecule has 3 rings (SSSR count). The van der Waals surface area contributed by atoms with Crippen LogP contribution in [0.25, 0.3) is 0 Å². The standard InChI is InChI=1S/C19H22ClFN4O4/c1-3-13-16(20)24-17(22-13)18(26)23-14-6-7-25(9-15(14)29-2)10-4-5-12(21)11(8-10)19(27)28/h4-5,8,14-15H,3,6-7,9H2,1-2H3,(H,22,24)(H,23,26)(H,27,28)/t14-,15+/m0/s1. The number of benzene rings is 1. The van der Waals surface area contributed by atoms with Crippen molar-refractivity contribution in [2.45, 2.75) is 31.9 Å². The highest BCUT2D eigenvalue weighted by atomic mass is 35.5. The number of aryl methyl sites for hydroxylation is 1. The number of aromatic nitrogens is 2. The van der Waals surface area contributed by atoms with Gasteiger partial charge in [-0.3, -0.25) is 4.79 Å². The molecule has 1 saturated heterocycles. The summed E-state index contributed by atoms with van der Waals surface area (Å²) in [4.78, 5) is 32.6. The number of amides is 1. The van der Waals surface area contributed by atoms with Crippen LogP contribution >= 0.6 is 11.6 Å². The third-order valence-electron chi connectivity index (χ3n) is 5.02. The highest BCUT2D eigenvalue weighted by Gasteiger charge is 2.32. The molecule has 29 heavy (non-hydrogen) atoms. The van der Waals surface area contributed by atoms with E-state index in [1.54, 1.807) is 7.11 Å². The largest absolute Gasteiger partial charge is 0.478 e. The topological polar surface area (TPSA) is 108 Å². The van der Waals surface area contributed by atoms with E-state index in [4.69, 9.17) is 21.4 Å². The van der Waals surface area contributed by atoms with Crippen molar-refractivity contribution in [2.75, 3.05) is 25.1 Å². The van der Waals surface area contributed by atoms with Crippen LogP contribution in [0.3, 0.4) is 0 Å². The molecule has 3 N–H and O–H groups in total. The van der Waals surface area contributed by atoms with Gasteiger partial charge in [0.1, 0.15) is 5.82 Å². The lowest BCUT2D eigenvalue weighted by molar-refractivity contribution is 0.0538. The molecular weight excluding hydrogens is 403 g/mol. The number of methoxy groups -OCH3 is 1. The van der Waals surface area contributed by atoms with Crippen molar-refractivity contribution in [1.82, 2.24) is 15.3 Å². The van der Waals surface area contributed by atoms with Gasteiger partial charge in [0.05, 0.1) is 23.4 Å². The summed E-state index contributed by atoms with van der Waals surface area (Å²) >= 11 is 6.00. The highest BCUT2D eigenvalue weighted by molar-refractivity contribution is 6.30. The van der Waals surface area contributed by atoms with Gasteiger partial charge in [-0.15, -0.1) is 0 Å². The molecule has 0 radical (unpaired) electrons. The molecule has 1 aromatic carbocycles. The molecule has 156 valence electrons. The van der Waals surface area contributed by atoms with Crippen molar-refractivity contribution < 1.29 is 23.8 Å². The van der Waals surface area contributed by atoms with Crippen LogP contribution in [0.4, 0.5) is 10.1 Å². The number of carboxylic acids is 1. The second-order valence-electron chi connectivity index (χ2n) is 6.77. The lowest BCUT2D eigenvalue weighted by atomic mass is 10.0. The van der Waals surface area contributed by atoms with E-state index >= 15 is 0 Å². The number of H-pyrrole nitrogens is 1. The van der Waals surface area contributed by atoms with Gasteiger partial charge in [-0.25, -0.2) is 14.2 Å². The highest BCUT2D eigenvalue weighted by Crippen LogP contribution is 2.24. The minimum absolute atomic E-state index is 0.147. The number of piperidine rings is 1. The summed E-state index contributed by atoms with van der Waals surface area (Å²) in [5.74, 6) is -2.33. The molecule has 2 aromatic rings. The Labute approximate surface area is 172 Å². The van der Waals surface area contributed by atoms with Crippen molar-refractivity contribution >= 4 is 29.2 Å². The summed E-state index contributed by atoms with van der Waals surface area (Å²) in [5, 5.41) is 12.3. The predicted octanol–water partition coefficient (Wildman–Crippen LogP) is 2.49. The van der Waals surface area contributed by atoms with E-state index in [1.165, 1.54) is 12.1 Å². The lowest BCUT2D eigenvalue weighted by Gasteiger charge is -2.39. The van der Waals surface area contributed by atoms with Gasteiger partial charge in [0, 0.05) is 25.9 Å². The quantitative estimate of drug-likeness (QED) is 0.657. The summed E-state index contributed by atoms with van der Waals surface area (Å²) in [7, 11) is 1.54. The molecule has 0 spiro atoms. The van der Waals surface area contributed by atoms with Crippen LogP contribution in [0.5, 0.6) is 0 Å². The van der Waals surface area contributed by atoms with Gasteiger partial charge in [-0.05, 0) is 31.0 Å². The number of rotatable bonds is 6. The molecule has 8 nitrogen and oxygen atoms in total. The number of hydrogen-bond acceptors (Lipinski definition) is 5. The average molecular weight is 425 g/mol. The number of carbonyl (C=O) groups excluding carboxylic acids is 1.